The molecule has 1 aromatic rings. The van der Waals surface area contributed by atoms with E-state index in [1.807, 2.05) is 0 Å². The summed E-state index contributed by atoms with van der Waals surface area (Å²) in [6.45, 7) is 1.53. The summed E-state index contributed by atoms with van der Waals surface area (Å²) in [5.74, 6) is 0. The lowest BCUT2D eigenvalue weighted by molar-refractivity contribution is 0.174. The van der Waals surface area contributed by atoms with Crippen molar-refractivity contribution in [3.8, 4) is 0 Å². The average Bonchev–Trinajstić information content (AvgIpc) is 2.65. The molecule has 0 heterocycles. The minimum absolute atomic E-state index is 0.622. The fraction of sp³-hybridized carbons (Fsp3) is 0.500. The molecule has 0 saturated heterocycles. The molecule has 0 fully saturated rings. The van der Waals surface area contributed by atoms with Crippen molar-refractivity contribution in [1.29, 1.82) is 0 Å². The first kappa shape index (κ1) is 9.69. The molecule has 2 nitrogen and oxygen atoms in total. The van der Waals surface area contributed by atoms with Gasteiger partial charge < -0.3 is 4.74 Å². The molecule has 76 valence electrons. The molecule has 0 unspecified atom stereocenters. The number of ether oxygens (including phenoxy) is 1. The average molecular weight is 191 g/mol. The van der Waals surface area contributed by atoms with Gasteiger partial charge >= 0.3 is 0 Å². The smallest absolute Gasteiger partial charge is 0.0964 e. The van der Waals surface area contributed by atoms with Crippen LogP contribution < -0.4 is 5.32 Å². The van der Waals surface area contributed by atoms with Crippen LogP contribution in [0.3, 0.4) is 0 Å². The van der Waals surface area contributed by atoms with Crippen LogP contribution >= 0.6 is 0 Å². The summed E-state index contributed by atoms with van der Waals surface area (Å²) in [7, 11) is 1.70. The van der Waals surface area contributed by atoms with Gasteiger partial charge in [-0.25, -0.2) is 0 Å². The zero-order valence-electron chi connectivity index (χ0n) is 8.68. The maximum Gasteiger partial charge on any atom is 0.0964 e. The van der Waals surface area contributed by atoms with Gasteiger partial charge in [-0.3, -0.25) is 5.32 Å². The molecule has 0 saturated carbocycles. The summed E-state index contributed by atoms with van der Waals surface area (Å²) in [5.41, 5.74) is 4.45. The highest BCUT2D eigenvalue weighted by Crippen LogP contribution is 2.22. The standard InChI is InChI=1S/C12H17NO/c1-14-9-13-8-10-5-6-11-3-2-4-12(11)7-10/h5-7,13H,2-4,8-9H2,1H3. The Morgan fingerprint density at radius 1 is 1.29 bits per heavy atom. The Labute approximate surface area is 85.3 Å². The van der Waals surface area contributed by atoms with E-state index in [0.717, 1.165) is 6.54 Å². The second-order valence-electron chi connectivity index (χ2n) is 3.82. The zero-order valence-corrected chi connectivity index (χ0v) is 8.68. The number of rotatable bonds is 4. The van der Waals surface area contributed by atoms with Crippen LogP contribution in [0.5, 0.6) is 0 Å². The first-order chi connectivity index (χ1) is 6.90. The zero-order chi connectivity index (χ0) is 9.80. The molecule has 1 aliphatic carbocycles. The lowest BCUT2D eigenvalue weighted by atomic mass is 10.1. The van der Waals surface area contributed by atoms with E-state index in [4.69, 9.17) is 4.74 Å². The van der Waals surface area contributed by atoms with Gasteiger partial charge in [-0.05, 0) is 36.0 Å². The van der Waals surface area contributed by atoms with Crippen LogP contribution in [0.4, 0.5) is 0 Å². The predicted molar refractivity (Wildman–Crippen MR) is 57.2 cm³/mol. The maximum atomic E-state index is 4.95. The maximum absolute atomic E-state index is 4.95. The number of methoxy groups -OCH3 is 1. The predicted octanol–water partition coefficient (Wildman–Crippen LogP) is 1.87. The molecule has 0 amide bonds. The number of fused-ring (bicyclic) bond motifs is 1. The fourth-order valence-corrected chi connectivity index (χ4v) is 2.03. The molecular formula is C12H17NO. The van der Waals surface area contributed by atoms with Crippen molar-refractivity contribution in [3.05, 3.63) is 34.9 Å². The molecule has 14 heavy (non-hydrogen) atoms. The minimum Gasteiger partial charge on any atom is -0.370 e. The Hall–Kier alpha value is -0.860. The van der Waals surface area contributed by atoms with Gasteiger partial charge in [-0.2, -0.15) is 0 Å². The monoisotopic (exact) mass is 191 g/mol. The molecule has 0 bridgehead atoms. The van der Waals surface area contributed by atoms with E-state index >= 15 is 0 Å². The molecule has 0 spiro atoms. The number of hydrogen-bond donors (Lipinski definition) is 1. The molecule has 2 rings (SSSR count). The van der Waals surface area contributed by atoms with Gasteiger partial charge in [0.1, 0.15) is 0 Å². The first-order valence-electron chi connectivity index (χ1n) is 5.20. The van der Waals surface area contributed by atoms with Crippen LogP contribution in [0.15, 0.2) is 18.2 Å². The van der Waals surface area contributed by atoms with E-state index in [2.05, 4.69) is 23.5 Å². The Kier molecular flexibility index (Phi) is 3.17. The molecule has 0 atom stereocenters. The van der Waals surface area contributed by atoms with Gasteiger partial charge in [0.2, 0.25) is 0 Å². The van der Waals surface area contributed by atoms with Crippen molar-refractivity contribution in [2.45, 2.75) is 25.8 Å². The third-order valence-corrected chi connectivity index (χ3v) is 2.74. The van der Waals surface area contributed by atoms with Gasteiger partial charge in [0.15, 0.2) is 0 Å². The second kappa shape index (κ2) is 4.58. The van der Waals surface area contributed by atoms with E-state index in [0.29, 0.717) is 6.73 Å². The van der Waals surface area contributed by atoms with Crippen LogP contribution in [0, 0.1) is 0 Å². The van der Waals surface area contributed by atoms with Crippen molar-refractivity contribution >= 4 is 0 Å². The van der Waals surface area contributed by atoms with E-state index in [9.17, 15) is 0 Å². The van der Waals surface area contributed by atoms with Crippen molar-refractivity contribution < 1.29 is 4.74 Å². The van der Waals surface area contributed by atoms with Gasteiger partial charge in [0, 0.05) is 13.7 Å². The van der Waals surface area contributed by atoms with Gasteiger partial charge in [0.25, 0.3) is 0 Å². The van der Waals surface area contributed by atoms with Crippen LogP contribution in [0.25, 0.3) is 0 Å². The van der Waals surface area contributed by atoms with E-state index in [1.54, 1.807) is 18.2 Å². The minimum atomic E-state index is 0.622. The number of nitrogens with one attached hydrogen (secondary N) is 1. The fourth-order valence-electron chi connectivity index (χ4n) is 2.03. The van der Waals surface area contributed by atoms with Crippen LogP contribution in [-0.2, 0) is 24.1 Å². The largest absolute Gasteiger partial charge is 0.370 e. The second-order valence-corrected chi connectivity index (χ2v) is 3.82. The molecule has 0 radical (unpaired) electrons. The molecule has 2 heteroatoms. The Balaban J connectivity index is 1.98. The van der Waals surface area contributed by atoms with Crippen molar-refractivity contribution in [3.63, 3.8) is 0 Å². The van der Waals surface area contributed by atoms with Crippen LogP contribution in [0.1, 0.15) is 23.1 Å². The van der Waals surface area contributed by atoms with Crippen molar-refractivity contribution in [2.24, 2.45) is 0 Å². The van der Waals surface area contributed by atoms with Crippen molar-refractivity contribution in [1.82, 2.24) is 5.32 Å². The number of benzene rings is 1. The summed E-state index contributed by atoms with van der Waals surface area (Å²) >= 11 is 0. The van der Waals surface area contributed by atoms with Crippen LogP contribution in [-0.4, -0.2) is 13.8 Å². The summed E-state index contributed by atoms with van der Waals surface area (Å²) < 4.78 is 4.95. The Morgan fingerprint density at radius 3 is 3.00 bits per heavy atom. The van der Waals surface area contributed by atoms with E-state index < -0.39 is 0 Å². The normalized spacial score (nSPS) is 14.4. The van der Waals surface area contributed by atoms with E-state index in [1.165, 1.54) is 24.8 Å². The first-order valence-corrected chi connectivity index (χ1v) is 5.20. The SMILES string of the molecule is COCNCc1ccc2c(c1)CCC2. The highest BCUT2D eigenvalue weighted by atomic mass is 16.5. The van der Waals surface area contributed by atoms with Gasteiger partial charge in [0.05, 0.1) is 6.73 Å². The summed E-state index contributed by atoms with van der Waals surface area (Å²) in [4.78, 5) is 0. The highest BCUT2D eigenvalue weighted by molar-refractivity contribution is 5.35. The molecule has 0 aliphatic heterocycles. The summed E-state index contributed by atoms with van der Waals surface area (Å²) in [6.07, 6.45) is 3.85. The Bertz CT molecular complexity index is 309. The quantitative estimate of drug-likeness (QED) is 0.579. The molecule has 1 aliphatic rings. The molecule has 1 N–H and O–H groups in total. The Morgan fingerprint density at radius 2 is 2.14 bits per heavy atom. The molecule has 1 aromatic carbocycles. The third-order valence-electron chi connectivity index (χ3n) is 2.74. The molecule has 0 aromatic heterocycles. The molecular weight excluding hydrogens is 174 g/mol. The third kappa shape index (κ3) is 2.14. The van der Waals surface area contributed by atoms with Crippen molar-refractivity contribution in [2.75, 3.05) is 13.8 Å². The summed E-state index contributed by atoms with van der Waals surface area (Å²) in [5, 5.41) is 3.22. The van der Waals surface area contributed by atoms with Gasteiger partial charge in [-0.15, -0.1) is 0 Å². The van der Waals surface area contributed by atoms with Gasteiger partial charge in [-0.1, -0.05) is 18.2 Å². The number of hydrogen-bond acceptors (Lipinski definition) is 2. The van der Waals surface area contributed by atoms with Crippen LogP contribution in [0.2, 0.25) is 0 Å². The lowest BCUT2D eigenvalue weighted by Gasteiger charge is -2.06. The van der Waals surface area contributed by atoms with E-state index in [-0.39, 0.29) is 0 Å². The highest BCUT2D eigenvalue weighted by Gasteiger charge is 2.10. The summed E-state index contributed by atoms with van der Waals surface area (Å²) in [6, 6.07) is 6.81. The number of aryl methyl sites for hydroxylation is 2. The lowest BCUT2D eigenvalue weighted by Crippen LogP contribution is -2.15. The topological polar surface area (TPSA) is 21.3 Å².